The molecule has 2 aromatic heterocycles. The molecule has 0 fully saturated rings. The van der Waals surface area contributed by atoms with Crippen molar-refractivity contribution in [3.63, 3.8) is 0 Å². The molecular weight excluding hydrogens is 965 g/mol. The van der Waals surface area contributed by atoms with Gasteiger partial charge in [0.1, 0.15) is 32.2 Å². The van der Waals surface area contributed by atoms with E-state index in [4.69, 9.17) is 47.1 Å². The van der Waals surface area contributed by atoms with E-state index < -0.39 is 69.4 Å². The molecule has 0 aliphatic rings. The number of hydrogen-bond donors (Lipinski definition) is 2. The second kappa shape index (κ2) is 33.1. The minimum Gasteiger partial charge on any atom is -0.476 e. The monoisotopic (exact) mass is 1050 g/mol. The summed E-state index contributed by atoms with van der Waals surface area (Å²) in [7, 11) is 0.583. The van der Waals surface area contributed by atoms with Crippen molar-refractivity contribution < 1.29 is 61.8 Å². The number of carbonyl (C=O) groups excluding carboxylic acids is 1. The molecule has 2 aromatic rings. The second-order valence-corrected chi connectivity index (χ2v) is 32.3. The number of aliphatic hydroxyl groups is 1. The van der Waals surface area contributed by atoms with Crippen molar-refractivity contribution in [3.05, 3.63) is 109 Å². The lowest BCUT2D eigenvalue weighted by atomic mass is 9.78. The summed E-state index contributed by atoms with van der Waals surface area (Å²) in [6.07, 6.45) is 21.9. The minimum absolute atomic E-state index is 0.00281. The van der Waals surface area contributed by atoms with Crippen molar-refractivity contribution in [2.24, 2.45) is 10.8 Å². The van der Waals surface area contributed by atoms with E-state index in [9.17, 15) is 14.7 Å². The van der Waals surface area contributed by atoms with Crippen LogP contribution in [0.3, 0.4) is 0 Å². The van der Waals surface area contributed by atoms with Crippen LogP contribution in [-0.4, -0.2) is 126 Å². The highest BCUT2D eigenvalue weighted by Crippen LogP contribution is 2.35. The molecule has 0 amide bonds. The lowest BCUT2D eigenvalue weighted by molar-refractivity contribution is -0.129. The zero-order chi connectivity index (χ0) is 54.5. The molecule has 0 unspecified atom stereocenters. The van der Waals surface area contributed by atoms with Crippen LogP contribution in [-0.2, 0) is 46.0 Å². The normalized spacial score (nSPS) is 15.5. The summed E-state index contributed by atoms with van der Waals surface area (Å²) in [5.41, 5.74) is -1.51. The van der Waals surface area contributed by atoms with Gasteiger partial charge in [-0.25, -0.2) is 19.6 Å². The van der Waals surface area contributed by atoms with Crippen LogP contribution in [0.1, 0.15) is 87.1 Å². The van der Waals surface area contributed by atoms with Gasteiger partial charge in [-0.15, -0.1) is 0 Å². The summed E-state index contributed by atoms with van der Waals surface area (Å²) in [5, 5.41) is 20.2. The molecular formula is C56H84N2O13Si2. The van der Waals surface area contributed by atoms with Gasteiger partial charge in [-0.05, 0) is 68.8 Å². The molecule has 404 valence electrons. The molecule has 6 atom stereocenters. The maximum atomic E-state index is 13.8. The van der Waals surface area contributed by atoms with E-state index in [0.29, 0.717) is 26.1 Å². The van der Waals surface area contributed by atoms with E-state index in [1.54, 1.807) is 43.6 Å². The van der Waals surface area contributed by atoms with Gasteiger partial charge < -0.3 is 52.2 Å². The summed E-state index contributed by atoms with van der Waals surface area (Å²) in [6.45, 7) is 27.0. The number of hydrogen-bond acceptors (Lipinski definition) is 14. The first-order valence-corrected chi connectivity index (χ1v) is 32.2. The van der Waals surface area contributed by atoms with E-state index in [1.807, 2.05) is 78.0 Å². The van der Waals surface area contributed by atoms with Gasteiger partial charge in [-0.3, -0.25) is 0 Å². The lowest BCUT2D eigenvalue weighted by Gasteiger charge is -2.38. The van der Waals surface area contributed by atoms with Gasteiger partial charge in [0.25, 0.3) is 0 Å². The molecule has 2 rings (SSSR count). The predicted octanol–water partition coefficient (Wildman–Crippen LogP) is 10.7. The average molecular weight is 1050 g/mol. The predicted molar refractivity (Wildman–Crippen MR) is 290 cm³/mol. The van der Waals surface area contributed by atoms with E-state index >= 15 is 0 Å². The number of aliphatic hydroxyl groups excluding tert-OH is 1. The largest absolute Gasteiger partial charge is 0.476 e. The van der Waals surface area contributed by atoms with E-state index in [-0.39, 0.29) is 55.7 Å². The first-order chi connectivity index (χ1) is 34.5. The van der Waals surface area contributed by atoms with Gasteiger partial charge in [0.15, 0.2) is 23.2 Å². The third kappa shape index (κ3) is 25.7. The SMILES string of the molecule is C/C=C/[C@H](OCOCC[Si](C)(C)C)C(C)(C)[C@H](C/C=C\C#C/C=C/[C@@H](Cc1nc(C(=O)O)co1)OC)OC(=O)c1coc(C[C@H](/C=C/C#C/C=C\C[C@H](O)C(C)(C)[C@H](/C=C/C)OCOCC[Si](C)(C)C)OC)n1. The third-order valence-electron chi connectivity index (χ3n) is 11.7. The molecule has 0 saturated heterocycles. The first-order valence-electron chi connectivity index (χ1n) is 24.8. The Morgan fingerprint density at radius 2 is 1.11 bits per heavy atom. The highest BCUT2D eigenvalue weighted by molar-refractivity contribution is 6.76. The number of rotatable bonds is 33. The summed E-state index contributed by atoms with van der Waals surface area (Å²) in [6, 6.07) is 2.06. The number of nitrogens with zero attached hydrogens (tertiary/aromatic N) is 2. The maximum absolute atomic E-state index is 13.8. The van der Waals surface area contributed by atoms with Crippen molar-refractivity contribution in [3.8, 4) is 23.7 Å². The fourth-order valence-corrected chi connectivity index (χ4v) is 8.20. The van der Waals surface area contributed by atoms with Crippen LogP contribution in [0.15, 0.2) is 94.3 Å². The molecule has 0 bridgehead atoms. The van der Waals surface area contributed by atoms with Gasteiger partial charge in [-0.2, -0.15) is 0 Å². The van der Waals surface area contributed by atoms with Crippen molar-refractivity contribution in [1.29, 1.82) is 0 Å². The average Bonchev–Trinajstić information content (AvgIpc) is 4.00. The molecule has 17 heteroatoms. The third-order valence-corrected chi connectivity index (χ3v) is 15.2. The van der Waals surface area contributed by atoms with Gasteiger partial charge in [0.05, 0.1) is 43.4 Å². The zero-order valence-corrected chi connectivity index (χ0v) is 47.9. The number of carbonyl (C=O) groups is 2. The van der Waals surface area contributed by atoms with E-state index in [1.165, 1.54) is 13.4 Å². The Balaban J connectivity index is 2.14. The number of carboxylic acids is 1. The fraction of sp³-hybridized carbons (Fsp3) is 0.571. The lowest BCUT2D eigenvalue weighted by Crippen LogP contribution is -2.43. The fourth-order valence-electron chi connectivity index (χ4n) is 6.69. The van der Waals surface area contributed by atoms with Crippen LogP contribution >= 0.6 is 0 Å². The summed E-state index contributed by atoms with van der Waals surface area (Å²) >= 11 is 0. The molecule has 0 aliphatic carbocycles. The van der Waals surface area contributed by atoms with E-state index in [2.05, 4.69) is 72.9 Å². The van der Waals surface area contributed by atoms with Crippen molar-refractivity contribution in [2.45, 2.75) is 155 Å². The van der Waals surface area contributed by atoms with Crippen LogP contribution in [0.25, 0.3) is 0 Å². The Hall–Kier alpha value is -4.93. The number of aromatic nitrogens is 2. The van der Waals surface area contributed by atoms with Crippen molar-refractivity contribution in [2.75, 3.05) is 41.0 Å². The molecule has 0 spiro atoms. The maximum Gasteiger partial charge on any atom is 0.360 e. The minimum atomic E-state index is -1.30. The molecule has 0 aromatic carbocycles. The molecule has 0 aliphatic heterocycles. The number of methoxy groups -OCH3 is 2. The molecule has 73 heavy (non-hydrogen) atoms. The summed E-state index contributed by atoms with van der Waals surface area (Å²) < 4.78 is 52.2. The Morgan fingerprint density at radius 3 is 1.55 bits per heavy atom. The van der Waals surface area contributed by atoms with Crippen LogP contribution in [0, 0.1) is 34.5 Å². The number of oxazole rings is 2. The molecule has 0 saturated carbocycles. The Labute approximate surface area is 437 Å². The molecule has 0 radical (unpaired) electrons. The second-order valence-electron chi connectivity index (χ2n) is 21.0. The van der Waals surface area contributed by atoms with Crippen LogP contribution in [0.2, 0.25) is 51.4 Å². The van der Waals surface area contributed by atoms with Crippen molar-refractivity contribution >= 4 is 28.1 Å². The first kappa shape index (κ1) is 64.2. The Bertz CT molecular complexity index is 2250. The van der Waals surface area contributed by atoms with Gasteiger partial charge in [0.2, 0.25) is 0 Å². The molecule has 2 N–H and O–H groups in total. The standard InChI is InChI=1S/C56H84N2O13Si2/c1-15-27-48(69-41-65-33-35-72(9,10)11)55(3,4)47(59)31-25-21-17-19-23-30-44(64-8)38-52-58-46(40-68-52)54(62)71-50(56(5,6)49(28-16-2)70-42-66-34-36-73(12,13)14)32-26-22-18-20-24-29-43(63-7)37-51-57-45(39-67-51)53(60)61/h15-16,21-30,39-40,43-44,47-50,59H,31-38,41-42H2,1-14H3,(H,60,61)/b25-21-,26-22-,27-15+,28-16+,29-24+,30-23+/t43-,44-,47-,48-,49-,50-/m0/s1. The topological polar surface area (TPSA) is 191 Å². The number of aromatic carboxylic acids is 1. The number of carboxylic acid groups (broad SMARTS) is 1. The summed E-state index contributed by atoms with van der Waals surface area (Å²) in [4.78, 5) is 33.3. The number of allylic oxidation sites excluding steroid dienone is 6. The van der Waals surface area contributed by atoms with Gasteiger partial charge >= 0.3 is 11.9 Å². The highest BCUT2D eigenvalue weighted by Gasteiger charge is 2.40. The number of esters is 1. The van der Waals surface area contributed by atoms with Crippen LogP contribution in [0.5, 0.6) is 0 Å². The van der Waals surface area contributed by atoms with Gasteiger partial charge in [-0.1, -0.05) is 127 Å². The smallest absolute Gasteiger partial charge is 0.360 e. The Kier molecular flexibility index (Phi) is 29.1. The van der Waals surface area contributed by atoms with Crippen LogP contribution < -0.4 is 0 Å². The van der Waals surface area contributed by atoms with Crippen molar-refractivity contribution in [1.82, 2.24) is 9.97 Å². The van der Waals surface area contributed by atoms with Crippen LogP contribution in [0.4, 0.5) is 0 Å². The Morgan fingerprint density at radius 1 is 0.671 bits per heavy atom. The number of ether oxygens (including phenoxy) is 7. The van der Waals surface area contributed by atoms with Gasteiger partial charge in [0, 0.05) is 60.8 Å². The van der Waals surface area contributed by atoms with E-state index in [0.717, 1.165) is 18.4 Å². The zero-order valence-electron chi connectivity index (χ0n) is 45.9. The highest BCUT2D eigenvalue weighted by atomic mass is 28.3. The quantitative estimate of drug-likeness (QED) is 0.0171. The summed E-state index contributed by atoms with van der Waals surface area (Å²) in [5.74, 6) is 10.5. The molecule has 2 heterocycles. The molecule has 15 nitrogen and oxygen atoms in total.